The van der Waals surface area contributed by atoms with Crippen LogP contribution in [0.4, 0.5) is 0 Å². The average Bonchev–Trinajstić information content (AvgIpc) is 2.24. The smallest absolute Gasteiger partial charge is 0.328 e. The molecule has 0 aliphatic rings. The minimum absolute atomic E-state index is 0.180. The van der Waals surface area contributed by atoms with Crippen LogP contribution in [-0.2, 0) is 19.1 Å². The number of carboxylic acid groups (broad SMARTS) is 1. The molecule has 0 radical (unpaired) electrons. The van der Waals surface area contributed by atoms with Gasteiger partial charge in [-0.1, -0.05) is 13.8 Å². The molecule has 2 N–H and O–H groups in total. The average molecular weight is 245 g/mol. The number of aliphatic carboxylic acids is 1. The van der Waals surface area contributed by atoms with Crippen molar-refractivity contribution in [3.8, 4) is 0 Å². The lowest BCUT2D eigenvalue weighted by Crippen LogP contribution is -2.45. The van der Waals surface area contributed by atoms with Gasteiger partial charge in [-0.3, -0.25) is 9.59 Å². The Bertz CT molecular complexity index is 300. The summed E-state index contributed by atoms with van der Waals surface area (Å²) in [4.78, 5) is 33.5. The number of carboxylic acids is 1. The summed E-state index contributed by atoms with van der Waals surface area (Å²) in [5.74, 6) is -3.48. The first-order valence-electron chi connectivity index (χ1n) is 5.40. The van der Waals surface area contributed by atoms with Gasteiger partial charge in [0.25, 0.3) is 0 Å². The molecule has 0 fully saturated rings. The Hall–Kier alpha value is -1.59. The van der Waals surface area contributed by atoms with Crippen molar-refractivity contribution >= 4 is 17.8 Å². The highest BCUT2D eigenvalue weighted by molar-refractivity contribution is 5.98. The number of esters is 1. The number of amides is 1. The Morgan fingerprint density at radius 1 is 1.24 bits per heavy atom. The summed E-state index contributed by atoms with van der Waals surface area (Å²) in [7, 11) is 1.22. The maximum absolute atomic E-state index is 11.5. The van der Waals surface area contributed by atoms with Crippen LogP contribution < -0.4 is 5.32 Å². The second-order valence-corrected chi connectivity index (χ2v) is 4.27. The summed E-state index contributed by atoms with van der Waals surface area (Å²) in [6.07, 6.45) is 0.407. The van der Waals surface area contributed by atoms with E-state index in [9.17, 15) is 14.4 Å². The quantitative estimate of drug-likeness (QED) is 0.522. The van der Waals surface area contributed by atoms with Crippen molar-refractivity contribution in [2.24, 2.45) is 11.8 Å². The van der Waals surface area contributed by atoms with E-state index in [2.05, 4.69) is 10.1 Å². The van der Waals surface area contributed by atoms with Crippen molar-refractivity contribution in [3.05, 3.63) is 0 Å². The van der Waals surface area contributed by atoms with Crippen LogP contribution in [0.25, 0.3) is 0 Å². The number of methoxy groups -OCH3 is 1. The molecule has 0 saturated carbocycles. The van der Waals surface area contributed by atoms with Crippen molar-refractivity contribution in [2.45, 2.75) is 33.2 Å². The van der Waals surface area contributed by atoms with Crippen molar-refractivity contribution in [3.63, 3.8) is 0 Å². The Kier molecular flexibility index (Phi) is 6.23. The number of hydrogen-bond acceptors (Lipinski definition) is 4. The summed E-state index contributed by atoms with van der Waals surface area (Å²) >= 11 is 0. The predicted molar refractivity (Wildman–Crippen MR) is 60.2 cm³/mol. The molecule has 0 bridgehead atoms. The monoisotopic (exact) mass is 245 g/mol. The van der Waals surface area contributed by atoms with E-state index in [1.807, 2.05) is 13.8 Å². The van der Waals surface area contributed by atoms with Crippen LogP contribution >= 0.6 is 0 Å². The SMILES string of the molecule is COC(=O)C(CC(C)C)NC(=O)C(C)C(=O)O. The van der Waals surface area contributed by atoms with E-state index in [0.29, 0.717) is 6.42 Å². The van der Waals surface area contributed by atoms with Crippen molar-refractivity contribution in [2.75, 3.05) is 7.11 Å². The van der Waals surface area contributed by atoms with Gasteiger partial charge in [-0.25, -0.2) is 4.79 Å². The molecule has 2 atom stereocenters. The first kappa shape index (κ1) is 15.4. The van der Waals surface area contributed by atoms with Crippen LogP contribution in [0.3, 0.4) is 0 Å². The number of hydrogen-bond donors (Lipinski definition) is 2. The fraction of sp³-hybridized carbons (Fsp3) is 0.727. The lowest BCUT2D eigenvalue weighted by Gasteiger charge is -2.19. The fourth-order valence-electron chi connectivity index (χ4n) is 1.24. The Labute approximate surface area is 100 Å². The molecule has 0 aromatic heterocycles. The van der Waals surface area contributed by atoms with Gasteiger partial charge >= 0.3 is 11.9 Å². The van der Waals surface area contributed by atoms with Crippen LogP contribution in [0, 0.1) is 11.8 Å². The molecule has 0 spiro atoms. The Balaban J connectivity index is 4.58. The van der Waals surface area contributed by atoms with Crippen LogP contribution in [-0.4, -0.2) is 36.1 Å². The van der Waals surface area contributed by atoms with Crippen molar-refractivity contribution in [1.82, 2.24) is 5.32 Å². The molecule has 0 aromatic rings. The molecule has 6 heteroatoms. The molecule has 2 unspecified atom stereocenters. The van der Waals surface area contributed by atoms with Crippen LogP contribution in [0.15, 0.2) is 0 Å². The second-order valence-electron chi connectivity index (χ2n) is 4.27. The van der Waals surface area contributed by atoms with E-state index in [0.717, 1.165) is 0 Å². The van der Waals surface area contributed by atoms with E-state index in [-0.39, 0.29) is 5.92 Å². The molecule has 0 aliphatic carbocycles. The lowest BCUT2D eigenvalue weighted by molar-refractivity contribution is -0.150. The molecule has 0 aromatic carbocycles. The summed E-state index contributed by atoms with van der Waals surface area (Å²) in [6, 6.07) is -0.797. The molecular formula is C11H19NO5. The Morgan fingerprint density at radius 3 is 2.12 bits per heavy atom. The van der Waals surface area contributed by atoms with Crippen LogP contribution in [0.5, 0.6) is 0 Å². The lowest BCUT2D eigenvalue weighted by atomic mass is 10.0. The second kappa shape index (κ2) is 6.88. The third-order valence-electron chi connectivity index (χ3n) is 2.27. The van der Waals surface area contributed by atoms with Gasteiger partial charge in [-0.15, -0.1) is 0 Å². The van der Waals surface area contributed by atoms with Gasteiger partial charge < -0.3 is 15.2 Å². The highest BCUT2D eigenvalue weighted by Gasteiger charge is 2.27. The van der Waals surface area contributed by atoms with Gasteiger partial charge in [0.1, 0.15) is 12.0 Å². The minimum atomic E-state index is -1.23. The van der Waals surface area contributed by atoms with Crippen LogP contribution in [0.1, 0.15) is 27.2 Å². The molecular weight excluding hydrogens is 226 g/mol. The van der Waals surface area contributed by atoms with Gasteiger partial charge in [0.15, 0.2) is 0 Å². The minimum Gasteiger partial charge on any atom is -0.481 e. The van der Waals surface area contributed by atoms with E-state index in [4.69, 9.17) is 5.11 Å². The fourth-order valence-corrected chi connectivity index (χ4v) is 1.24. The van der Waals surface area contributed by atoms with Crippen LogP contribution in [0.2, 0.25) is 0 Å². The molecule has 17 heavy (non-hydrogen) atoms. The zero-order chi connectivity index (χ0) is 13.6. The zero-order valence-corrected chi connectivity index (χ0v) is 10.5. The number of ether oxygens (including phenoxy) is 1. The predicted octanol–water partition coefficient (Wildman–Crippen LogP) is 0.411. The highest BCUT2D eigenvalue weighted by atomic mass is 16.5. The van der Waals surface area contributed by atoms with E-state index in [1.165, 1.54) is 14.0 Å². The van der Waals surface area contributed by atoms with Gasteiger partial charge in [0.05, 0.1) is 7.11 Å². The van der Waals surface area contributed by atoms with Gasteiger partial charge in [0.2, 0.25) is 5.91 Å². The van der Waals surface area contributed by atoms with Crippen molar-refractivity contribution in [1.29, 1.82) is 0 Å². The molecule has 0 rings (SSSR count). The first-order chi connectivity index (χ1) is 7.79. The molecule has 0 aliphatic heterocycles. The molecule has 0 heterocycles. The molecule has 98 valence electrons. The Morgan fingerprint density at radius 2 is 1.76 bits per heavy atom. The van der Waals surface area contributed by atoms with E-state index >= 15 is 0 Å². The number of nitrogens with one attached hydrogen (secondary N) is 1. The molecule has 6 nitrogen and oxygen atoms in total. The zero-order valence-electron chi connectivity index (χ0n) is 10.5. The number of carbonyl (C=O) groups excluding carboxylic acids is 2. The molecule has 0 saturated heterocycles. The third kappa shape index (κ3) is 5.33. The topological polar surface area (TPSA) is 92.7 Å². The van der Waals surface area contributed by atoms with Crippen molar-refractivity contribution < 1.29 is 24.2 Å². The standard InChI is InChI=1S/C11H19NO5/c1-6(2)5-8(11(16)17-4)12-9(13)7(3)10(14)15/h6-8H,5H2,1-4H3,(H,12,13)(H,14,15). The maximum Gasteiger partial charge on any atom is 0.328 e. The van der Waals surface area contributed by atoms with Gasteiger partial charge in [0, 0.05) is 0 Å². The number of carbonyl (C=O) groups is 3. The summed E-state index contributed by atoms with van der Waals surface area (Å²) in [5.41, 5.74) is 0. The molecule has 1 amide bonds. The first-order valence-corrected chi connectivity index (χ1v) is 5.40. The van der Waals surface area contributed by atoms with Gasteiger partial charge in [-0.2, -0.15) is 0 Å². The highest BCUT2D eigenvalue weighted by Crippen LogP contribution is 2.07. The summed E-state index contributed by atoms with van der Waals surface area (Å²) in [5, 5.41) is 11.1. The van der Waals surface area contributed by atoms with E-state index < -0.39 is 29.8 Å². The largest absolute Gasteiger partial charge is 0.481 e. The van der Waals surface area contributed by atoms with E-state index in [1.54, 1.807) is 0 Å². The summed E-state index contributed by atoms with van der Waals surface area (Å²) in [6.45, 7) is 5.05. The van der Waals surface area contributed by atoms with Gasteiger partial charge in [-0.05, 0) is 19.3 Å². The number of rotatable bonds is 6. The third-order valence-corrected chi connectivity index (χ3v) is 2.27. The summed E-state index contributed by atoms with van der Waals surface area (Å²) < 4.78 is 4.55. The maximum atomic E-state index is 11.5. The normalized spacial score (nSPS) is 13.9.